The fourth-order valence-electron chi connectivity index (χ4n) is 2.32. The monoisotopic (exact) mass is 494 g/mol. The molecule has 0 atom stereocenters. The van der Waals surface area contributed by atoms with Crippen molar-refractivity contribution in [3.63, 3.8) is 0 Å². The molecule has 0 fully saturated rings. The van der Waals surface area contributed by atoms with Gasteiger partial charge in [-0.1, -0.05) is 70.7 Å². The molecular weight excluding hydrogens is 476 g/mol. The van der Waals surface area contributed by atoms with Crippen molar-refractivity contribution in [3.8, 4) is 11.5 Å². The van der Waals surface area contributed by atoms with Crippen LogP contribution in [0.4, 0.5) is 0 Å². The molecule has 11 heteroatoms. The number of phenolic OH excluding ortho intramolecular Hbond substituents is 1. The van der Waals surface area contributed by atoms with Crippen molar-refractivity contribution in [1.29, 1.82) is 0 Å². The van der Waals surface area contributed by atoms with Crippen molar-refractivity contribution in [2.24, 2.45) is 5.10 Å². The van der Waals surface area contributed by atoms with Crippen LogP contribution in [0.2, 0.25) is 5.02 Å². The Bertz CT molecular complexity index is 1060. The SMILES string of the molecule is CCOc1cccc(/C=N\NC(=O)CSc2nnc(SCc3ccccc3Cl)s2)c1O. The Labute approximate surface area is 197 Å². The number of hydrazone groups is 1. The maximum absolute atomic E-state index is 12.0. The molecule has 2 aromatic carbocycles. The van der Waals surface area contributed by atoms with Gasteiger partial charge in [-0.3, -0.25) is 4.79 Å². The Hall–Kier alpha value is -2.27. The summed E-state index contributed by atoms with van der Waals surface area (Å²) in [6, 6.07) is 12.7. The third-order valence-electron chi connectivity index (χ3n) is 3.75. The first-order valence-corrected chi connectivity index (χ1v) is 12.3. The molecule has 3 rings (SSSR count). The van der Waals surface area contributed by atoms with E-state index in [0.29, 0.717) is 28.0 Å². The predicted octanol–water partition coefficient (Wildman–Crippen LogP) is 4.83. The number of phenols is 1. The fourth-order valence-corrected chi connectivity index (χ4v) is 5.42. The van der Waals surface area contributed by atoms with Gasteiger partial charge in [0.15, 0.2) is 20.2 Å². The third-order valence-corrected chi connectivity index (χ3v) is 7.35. The molecule has 7 nitrogen and oxygen atoms in total. The molecule has 0 saturated carbocycles. The van der Waals surface area contributed by atoms with Crippen LogP contribution in [0.3, 0.4) is 0 Å². The summed E-state index contributed by atoms with van der Waals surface area (Å²) in [4.78, 5) is 12.0. The highest BCUT2D eigenvalue weighted by atomic mass is 35.5. The van der Waals surface area contributed by atoms with E-state index in [2.05, 4.69) is 20.7 Å². The van der Waals surface area contributed by atoms with E-state index in [4.69, 9.17) is 16.3 Å². The third kappa shape index (κ3) is 7.13. The highest BCUT2D eigenvalue weighted by molar-refractivity contribution is 8.03. The number of carbonyl (C=O) groups excluding carboxylic acids is 1. The number of ether oxygens (including phenoxy) is 1. The predicted molar refractivity (Wildman–Crippen MR) is 127 cm³/mol. The molecule has 0 radical (unpaired) electrons. The largest absolute Gasteiger partial charge is 0.504 e. The summed E-state index contributed by atoms with van der Waals surface area (Å²) >= 11 is 10.4. The number of nitrogens with zero attached hydrogens (tertiary/aromatic N) is 3. The molecule has 1 heterocycles. The highest BCUT2D eigenvalue weighted by Crippen LogP contribution is 2.32. The smallest absolute Gasteiger partial charge is 0.250 e. The normalized spacial score (nSPS) is 11.0. The number of aromatic nitrogens is 2. The molecule has 1 aromatic heterocycles. The van der Waals surface area contributed by atoms with Gasteiger partial charge in [-0.05, 0) is 30.7 Å². The Kier molecular flexibility index (Phi) is 9.01. The van der Waals surface area contributed by atoms with Crippen LogP contribution >= 0.6 is 46.5 Å². The highest BCUT2D eigenvalue weighted by Gasteiger charge is 2.10. The van der Waals surface area contributed by atoms with Gasteiger partial charge in [0.25, 0.3) is 5.91 Å². The van der Waals surface area contributed by atoms with Gasteiger partial charge >= 0.3 is 0 Å². The lowest BCUT2D eigenvalue weighted by Crippen LogP contribution is -2.19. The molecule has 0 unspecified atom stereocenters. The topological polar surface area (TPSA) is 96.7 Å². The van der Waals surface area contributed by atoms with Crippen molar-refractivity contribution in [1.82, 2.24) is 15.6 Å². The summed E-state index contributed by atoms with van der Waals surface area (Å²) in [6.45, 7) is 2.27. The lowest BCUT2D eigenvalue weighted by molar-refractivity contribution is -0.118. The van der Waals surface area contributed by atoms with Crippen LogP contribution in [0, 0.1) is 0 Å². The van der Waals surface area contributed by atoms with E-state index in [1.54, 1.807) is 30.0 Å². The lowest BCUT2D eigenvalue weighted by Gasteiger charge is -2.07. The zero-order valence-electron chi connectivity index (χ0n) is 16.4. The number of nitrogens with one attached hydrogen (secondary N) is 1. The van der Waals surface area contributed by atoms with Crippen LogP contribution in [0.5, 0.6) is 11.5 Å². The van der Waals surface area contributed by atoms with Crippen molar-refractivity contribution in [2.75, 3.05) is 12.4 Å². The molecule has 3 aromatic rings. The first-order valence-electron chi connectivity index (χ1n) is 9.16. The Morgan fingerprint density at radius 1 is 1.23 bits per heavy atom. The van der Waals surface area contributed by atoms with Gasteiger partial charge in [0.05, 0.1) is 18.6 Å². The van der Waals surface area contributed by atoms with Crippen molar-refractivity contribution in [3.05, 3.63) is 58.6 Å². The van der Waals surface area contributed by atoms with Crippen LogP contribution in [-0.4, -0.2) is 39.8 Å². The summed E-state index contributed by atoms with van der Waals surface area (Å²) in [6.07, 6.45) is 1.37. The van der Waals surface area contributed by atoms with Crippen molar-refractivity contribution in [2.45, 2.75) is 21.4 Å². The summed E-state index contributed by atoms with van der Waals surface area (Å²) < 4.78 is 6.83. The number of rotatable bonds is 10. The number of para-hydroxylation sites is 1. The number of aromatic hydroxyl groups is 1. The first kappa shape index (κ1) is 23.4. The van der Waals surface area contributed by atoms with Gasteiger partial charge in [0.2, 0.25) is 0 Å². The minimum absolute atomic E-state index is 0.0209. The van der Waals surface area contributed by atoms with Crippen molar-refractivity contribution >= 4 is 58.6 Å². The zero-order chi connectivity index (χ0) is 22.1. The zero-order valence-corrected chi connectivity index (χ0v) is 19.7. The average molecular weight is 495 g/mol. The Balaban J connectivity index is 1.44. The van der Waals surface area contributed by atoms with E-state index in [0.717, 1.165) is 14.9 Å². The second kappa shape index (κ2) is 11.9. The molecule has 1 amide bonds. The van der Waals surface area contributed by atoms with E-state index < -0.39 is 0 Å². The van der Waals surface area contributed by atoms with E-state index >= 15 is 0 Å². The van der Waals surface area contributed by atoms with E-state index in [1.807, 2.05) is 31.2 Å². The summed E-state index contributed by atoms with van der Waals surface area (Å²) in [7, 11) is 0. The number of amides is 1. The number of hydrogen-bond donors (Lipinski definition) is 2. The molecule has 0 aliphatic rings. The van der Waals surface area contributed by atoms with Crippen LogP contribution in [0.25, 0.3) is 0 Å². The van der Waals surface area contributed by atoms with Gasteiger partial charge in [0, 0.05) is 16.3 Å². The molecule has 0 saturated heterocycles. The van der Waals surface area contributed by atoms with Gasteiger partial charge in [-0.2, -0.15) is 5.10 Å². The molecule has 0 bridgehead atoms. The maximum Gasteiger partial charge on any atom is 0.250 e. The fraction of sp³-hybridized carbons (Fsp3) is 0.200. The average Bonchev–Trinajstić information content (AvgIpc) is 3.22. The summed E-state index contributed by atoms with van der Waals surface area (Å²) in [5.41, 5.74) is 3.92. The molecule has 162 valence electrons. The minimum Gasteiger partial charge on any atom is -0.504 e. The number of hydrogen-bond acceptors (Lipinski definition) is 9. The minimum atomic E-state index is -0.290. The van der Waals surface area contributed by atoms with E-state index in [-0.39, 0.29) is 17.4 Å². The Morgan fingerprint density at radius 3 is 2.77 bits per heavy atom. The number of thioether (sulfide) groups is 2. The van der Waals surface area contributed by atoms with Crippen LogP contribution < -0.4 is 10.2 Å². The van der Waals surface area contributed by atoms with E-state index in [1.165, 1.54) is 29.3 Å². The van der Waals surface area contributed by atoms with Gasteiger partial charge in [-0.15, -0.1) is 10.2 Å². The van der Waals surface area contributed by atoms with Crippen molar-refractivity contribution < 1.29 is 14.6 Å². The standard InChI is InChI=1S/C20H19ClN4O3S3/c1-2-28-16-9-5-7-13(18(16)27)10-22-23-17(26)12-30-20-25-24-19(31-20)29-11-14-6-3-4-8-15(14)21/h3-10,27H,2,11-12H2,1H3,(H,23,26)/b22-10-. The van der Waals surface area contributed by atoms with Gasteiger partial charge in [0.1, 0.15) is 0 Å². The molecule has 0 aliphatic heterocycles. The number of carbonyl (C=O) groups is 1. The second-order valence-electron chi connectivity index (χ2n) is 5.92. The Morgan fingerprint density at radius 2 is 2.00 bits per heavy atom. The number of halogens is 1. The molecule has 31 heavy (non-hydrogen) atoms. The quantitative estimate of drug-likeness (QED) is 0.236. The van der Waals surface area contributed by atoms with E-state index in [9.17, 15) is 9.90 Å². The summed E-state index contributed by atoms with van der Waals surface area (Å²) in [5.74, 6) is 0.903. The molecular formula is C20H19ClN4O3S3. The van der Waals surface area contributed by atoms with Crippen LogP contribution in [-0.2, 0) is 10.5 Å². The molecule has 2 N–H and O–H groups in total. The molecule has 0 spiro atoms. The first-order chi connectivity index (χ1) is 15.1. The lowest BCUT2D eigenvalue weighted by atomic mass is 10.2. The maximum atomic E-state index is 12.0. The van der Waals surface area contributed by atoms with Gasteiger partial charge < -0.3 is 9.84 Å². The van der Waals surface area contributed by atoms with Crippen LogP contribution in [0.15, 0.2) is 56.2 Å². The second-order valence-corrected chi connectivity index (χ2v) is 9.75. The summed E-state index contributed by atoms with van der Waals surface area (Å²) in [5, 5.41) is 23.0. The van der Waals surface area contributed by atoms with Gasteiger partial charge in [-0.25, -0.2) is 5.43 Å². The molecule has 0 aliphatic carbocycles. The van der Waals surface area contributed by atoms with Crippen LogP contribution in [0.1, 0.15) is 18.1 Å². The number of benzene rings is 2.